The number of morpholine rings is 1. The van der Waals surface area contributed by atoms with Gasteiger partial charge in [-0.3, -0.25) is 0 Å². The number of hydrogen-bond donors (Lipinski definition) is 0. The lowest BCUT2D eigenvalue weighted by molar-refractivity contribution is 0.0392. The van der Waals surface area contributed by atoms with Crippen molar-refractivity contribution in [2.24, 2.45) is 0 Å². The van der Waals surface area contributed by atoms with Crippen LogP contribution in [0, 0.1) is 0 Å². The predicted octanol–water partition coefficient (Wildman–Crippen LogP) is 0.539. The maximum absolute atomic E-state index is 12.3. The van der Waals surface area contributed by atoms with Crippen LogP contribution in [0.2, 0.25) is 5.28 Å². The monoisotopic (exact) mass is 277 g/mol. The summed E-state index contributed by atoms with van der Waals surface area (Å²) in [6.07, 6.45) is 2.43. The van der Waals surface area contributed by atoms with E-state index in [0.29, 0.717) is 19.8 Å². The Bertz CT molecular complexity index is 491. The van der Waals surface area contributed by atoms with Gasteiger partial charge in [0.25, 0.3) is 0 Å². The van der Waals surface area contributed by atoms with Crippen LogP contribution in [0.1, 0.15) is 6.92 Å². The summed E-state index contributed by atoms with van der Waals surface area (Å²) in [7, 11) is -3.56. The SMILES string of the molecule is CC1COCCN1S(=O)(=O)c1cnc(Cl)nc1. The summed E-state index contributed by atoms with van der Waals surface area (Å²) in [5, 5.41) is 0.0268. The van der Waals surface area contributed by atoms with Gasteiger partial charge in [0.05, 0.1) is 25.6 Å². The van der Waals surface area contributed by atoms with Crippen LogP contribution in [-0.4, -0.2) is 48.5 Å². The summed E-state index contributed by atoms with van der Waals surface area (Å²) >= 11 is 5.53. The minimum absolute atomic E-state index is 0.0268. The fourth-order valence-electron chi connectivity index (χ4n) is 1.64. The summed E-state index contributed by atoms with van der Waals surface area (Å²) in [6.45, 7) is 2.94. The molecule has 2 heterocycles. The van der Waals surface area contributed by atoms with Crippen LogP contribution in [0.5, 0.6) is 0 Å². The fraction of sp³-hybridized carbons (Fsp3) is 0.556. The van der Waals surface area contributed by atoms with Gasteiger partial charge in [-0.2, -0.15) is 4.31 Å². The van der Waals surface area contributed by atoms with Crippen LogP contribution in [0.3, 0.4) is 0 Å². The van der Waals surface area contributed by atoms with E-state index in [1.165, 1.54) is 16.7 Å². The molecule has 0 aliphatic carbocycles. The first-order chi connectivity index (χ1) is 8.01. The molecule has 17 heavy (non-hydrogen) atoms. The zero-order chi connectivity index (χ0) is 12.5. The van der Waals surface area contributed by atoms with E-state index in [2.05, 4.69) is 9.97 Å². The Hall–Kier alpha value is -0.760. The molecule has 0 spiro atoms. The van der Waals surface area contributed by atoms with Crippen LogP contribution in [0.4, 0.5) is 0 Å². The van der Waals surface area contributed by atoms with Crippen molar-refractivity contribution in [1.29, 1.82) is 0 Å². The third-order valence-electron chi connectivity index (χ3n) is 2.51. The molecule has 1 aliphatic heterocycles. The molecule has 1 aromatic rings. The molecule has 0 bridgehead atoms. The third kappa shape index (κ3) is 2.57. The minimum Gasteiger partial charge on any atom is -0.378 e. The quantitative estimate of drug-likeness (QED) is 0.738. The first-order valence-electron chi connectivity index (χ1n) is 5.09. The van der Waals surface area contributed by atoms with E-state index in [9.17, 15) is 8.42 Å². The van der Waals surface area contributed by atoms with E-state index in [4.69, 9.17) is 16.3 Å². The summed E-state index contributed by atoms with van der Waals surface area (Å²) < 4.78 is 31.1. The molecular weight excluding hydrogens is 266 g/mol. The highest BCUT2D eigenvalue weighted by Crippen LogP contribution is 2.19. The molecule has 0 aromatic carbocycles. The van der Waals surface area contributed by atoms with Gasteiger partial charge >= 0.3 is 0 Å². The van der Waals surface area contributed by atoms with Gasteiger partial charge in [-0.05, 0) is 18.5 Å². The predicted molar refractivity (Wildman–Crippen MR) is 61.2 cm³/mol. The molecule has 0 radical (unpaired) electrons. The Morgan fingerprint density at radius 3 is 2.71 bits per heavy atom. The van der Waals surface area contributed by atoms with Crippen LogP contribution < -0.4 is 0 Å². The van der Waals surface area contributed by atoms with Gasteiger partial charge in [-0.25, -0.2) is 18.4 Å². The molecule has 1 unspecified atom stereocenters. The second-order valence-corrected chi connectivity index (χ2v) is 5.96. The van der Waals surface area contributed by atoms with Crippen molar-refractivity contribution >= 4 is 21.6 Å². The van der Waals surface area contributed by atoms with Gasteiger partial charge in [0.2, 0.25) is 15.3 Å². The highest BCUT2D eigenvalue weighted by atomic mass is 35.5. The van der Waals surface area contributed by atoms with Gasteiger partial charge in [0, 0.05) is 12.6 Å². The van der Waals surface area contributed by atoms with Crippen molar-refractivity contribution in [3.8, 4) is 0 Å². The molecule has 1 fully saturated rings. The van der Waals surface area contributed by atoms with Crippen molar-refractivity contribution in [2.75, 3.05) is 19.8 Å². The molecule has 8 heteroatoms. The van der Waals surface area contributed by atoms with Crippen molar-refractivity contribution in [3.05, 3.63) is 17.7 Å². The number of aromatic nitrogens is 2. The van der Waals surface area contributed by atoms with Gasteiger partial charge in [0.1, 0.15) is 4.90 Å². The van der Waals surface area contributed by atoms with Crippen molar-refractivity contribution in [2.45, 2.75) is 17.9 Å². The lowest BCUT2D eigenvalue weighted by atomic mass is 10.3. The highest BCUT2D eigenvalue weighted by molar-refractivity contribution is 7.89. The summed E-state index contributed by atoms with van der Waals surface area (Å²) in [6, 6.07) is -0.190. The minimum atomic E-state index is -3.56. The second kappa shape index (κ2) is 4.85. The Morgan fingerprint density at radius 2 is 2.12 bits per heavy atom. The first-order valence-corrected chi connectivity index (χ1v) is 6.91. The molecule has 6 nitrogen and oxygen atoms in total. The van der Waals surface area contributed by atoms with E-state index in [1.807, 2.05) is 0 Å². The van der Waals surface area contributed by atoms with E-state index in [-0.39, 0.29) is 16.2 Å². The highest BCUT2D eigenvalue weighted by Gasteiger charge is 2.31. The van der Waals surface area contributed by atoms with E-state index >= 15 is 0 Å². The average molecular weight is 278 g/mol. The number of hydrogen-bond acceptors (Lipinski definition) is 5. The lowest BCUT2D eigenvalue weighted by Gasteiger charge is -2.31. The molecule has 0 saturated carbocycles. The summed E-state index contributed by atoms with van der Waals surface area (Å²) in [5.41, 5.74) is 0. The topological polar surface area (TPSA) is 72.4 Å². The number of sulfonamides is 1. The molecule has 1 aliphatic rings. The molecule has 2 rings (SSSR count). The number of halogens is 1. The molecule has 0 N–H and O–H groups in total. The molecule has 94 valence electrons. The lowest BCUT2D eigenvalue weighted by Crippen LogP contribution is -2.46. The van der Waals surface area contributed by atoms with E-state index in [1.54, 1.807) is 6.92 Å². The summed E-state index contributed by atoms with van der Waals surface area (Å²) in [4.78, 5) is 7.42. The smallest absolute Gasteiger partial charge is 0.246 e. The number of nitrogens with zero attached hydrogens (tertiary/aromatic N) is 3. The molecule has 1 saturated heterocycles. The standard InChI is InChI=1S/C9H12ClN3O3S/c1-7-6-16-3-2-13(7)17(14,15)8-4-11-9(10)12-5-8/h4-5,7H,2-3,6H2,1H3. The Balaban J connectivity index is 2.32. The molecular formula is C9H12ClN3O3S. The maximum atomic E-state index is 12.3. The molecule has 1 aromatic heterocycles. The van der Waals surface area contributed by atoms with Crippen LogP contribution in [-0.2, 0) is 14.8 Å². The van der Waals surface area contributed by atoms with Gasteiger partial charge in [-0.15, -0.1) is 0 Å². The van der Waals surface area contributed by atoms with E-state index in [0.717, 1.165) is 0 Å². The van der Waals surface area contributed by atoms with Crippen molar-refractivity contribution < 1.29 is 13.2 Å². The van der Waals surface area contributed by atoms with Gasteiger partial charge in [-0.1, -0.05) is 0 Å². The second-order valence-electron chi connectivity index (χ2n) is 3.73. The van der Waals surface area contributed by atoms with Gasteiger partial charge < -0.3 is 4.74 Å². The largest absolute Gasteiger partial charge is 0.378 e. The fourth-order valence-corrected chi connectivity index (χ4v) is 3.23. The van der Waals surface area contributed by atoms with Crippen LogP contribution in [0.15, 0.2) is 17.3 Å². The van der Waals surface area contributed by atoms with E-state index < -0.39 is 10.0 Å². The average Bonchev–Trinajstić information content (AvgIpc) is 2.30. The number of ether oxygens (including phenoxy) is 1. The Kier molecular flexibility index (Phi) is 3.62. The zero-order valence-electron chi connectivity index (χ0n) is 9.21. The summed E-state index contributed by atoms with van der Waals surface area (Å²) in [5.74, 6) is 0. The Morgan fingerprint density at radius 1 is 1.47 bits per heavy atom. The maximum Gasteiger partial charge on any atom is 0.246 e. The number of rotatable bonds is 2. The third-order valence-corrected chi connectivity index (χ3v) is 4.67. The first kappa shape index (κ1) is 12.7. The van der Waals surface area contributed by atoms with Crippen LogP contribution >= 0.6 is 11.6 Å². The Labute approximate surface area is 105 Å². The van der Waals surface area contributed by atoms with Gasteiger partial charge in [0.15, 0.2) is 0 Å². The van der Waals surface area contributed by atoms with Crippen LogP contribution in [0.25, 0.3) is 0 Å². The normalized spacial score (nSPS) is 22.6. The van der Waals surface area contributed by atoms with Crippen molar-refractivity contribution in [3.63, 3.8) is 0 Å². The van der Waals surface area contributed by atoms with Crippen molar-refractivity contribution in [1.82, 2.24) is 14.3 Å². The molecule has 1 atom stereocenters. The molecule has 0 amide bonds. The zero-order valence-corrected chi connectivity index (χ0v) is 10.8.